The Bertz CT molecular complexity index is 936. The van der Waals surface area contributed by atoms with Crippen LogP contribution in [0.2, 0.25) is 0 Å². The second-order valence-electron chi connectivity index (χ2n) is 6.87. The molecule has 28 heavy (non-hydrogen) atoms. The molecule has 1 aliphatic heterocycles. The van der Waals surface area contributed by atoms with Crippen molar-refractivity contribution >= 4 is 35.0 Å². The first-order valence-corrected chi connectivity index (χ1v) is 10.3. The lowest BCUT2D eigenvalue weighted by atomic mass is 10.1. The first kappa shape index (κ1) is 20.0. The predicted octanol–water partition coefficient (Wildman–Crippen LogP) is 4.30. The van der Waals surface area contributed by atoms with Gasteiger partial charge >= 0.3 is 0 Å². The van der Waals surface area contributed by atoms with E-state index in [1.165, 1.54) is 0 Å². The van der Waals surface area contributed by atoms with Crippen LogP contribution in [-0.4, -0.2) is 24.1 Å². The molecule has 6 heteroatoms. The van der Waals surface area contributed by atoms with Crippen LogP contribution in [0.1, 0.15) is 24.0 Å². The molecule has 0 bridgehead atoms. The fraction of sp³-hybridized carbons (Fsp3) is 0.318. The Kier molecular flexibility index (Phi) is 6.37. The van der Waals surface area contributed by atoms with Gasteiger partial charge in [-0.3, -0.25) is 9.59 Å². The molecule has 3 rings (SSSR count). The molecular formula is C22H23N3O2S. The molecule has 2 aromatic carbocycles. The Balaban J connectivity index is 1.71. The third-order valence-corrected chi connectivity index (χ3v) is 6.05. The molecule has 1 N–H and O–H groups in total. The van der Waals surface area contributed by atoms with E-state index in [2.05, 4.69) is 11.4 Å². The summed E-state index contributed by atoms with van der Waals surface area (Å²) in [6.07, 6.45) is 0.665. The fourth-order valence-corrected chi connectivity index (χ4v) is 4.14. The molecule has 5 nitrogen and oxygen atoms in total. The van der Waals surface area contributed by atoms with Crippen LogP contribution in [-0.2, 0) is 9.59 Å². The number of rotatable bonds is 6. The molecule has 2 aromatic rings. The molecule has 1 saturated heterocycles. The number of carbonyl (C=O) groups excluding carboxylic acids is 2. The third kappa shape index (κ3) is 4.37. The lowest BCUT2D eigenvalue weighted by Gasteiger charge is -2.20. The molecule has 1 fully saturated rings. The number of anilines is 2. The van der Waals surface area contributed by atoms with Crippen LogP contribution < -0.4 is 10.2 Å². The lowest BCUT2D eigenvalue weighted by Crippen LogP contribution is -2.28. The summed E-state index contributed by atoms with van der Waals surface area (Å²) in [5.41, 5.74) is 3.80. The normalized spacial score (nSPS) is 16.1. The summed E-state index contributed by atoms with van der Waals surface area (Å²) in [7, 11) is 0. The van der Waals surface area contributed by atoms with Gasteiger partial charge in [0.15, 0.2) is 0 Å². The monoisotopic (exact) mass is 393 g/mol. The summed E-state index contributed by atoms with van der Waals surface area (Å²) >= 11 is 1.54. The van der Waals surface area contributed by atoms with Crippen molar-refractivity contribution in [2.45, 2.75) is 31.6 Å². The van der Waals surface area contributed by atoms with Crippen molar-refractivity contribution in [2.75, 3.05) is 22.5 Å². The summed E-state index contributed by atoms with van der Waals surface area (Å²) < 4.78 is 0. The van der Waals surface area contributed by atoms with Gasteiger partial charge in [-0.15, -0.1) is 11.8 Å². The average Bonchev–Trinajstić information content (AvgIpc) is 3.07. The molecule has 0 saturated carbocycles. The van der Waals surface area contributed by atoms with Crippen molar-refractivity contribution in [1.29, 1.82) is 5.26 Å². The smallest absolute Gasteiger partial charge is 0.229 e. The van der Waals surface area contributed by atoms with E-state index in [0.717, 1.165) is 27.4 Å². The molecule has 0 aliphatic carbocycles. The highest BCUT2D eigenvalue weighted by atomic mass is 32.2. The third-order valence-electron chi connectivity index (χ3n) is 4.98. The van der Waals surface area contributed by atoms with Crippen LogP contribution in [0.3, 0.4) is 0 Å². The highest BCUT2D eigenvalue weighted by molar-refractivity contribution is 7.99. The number of amides is 2. The van der Waals surface area contributed by atoms with E-state index < -0.39 is 0 Å². The zero-order valence-corrected chi connectivity index (χ0v) is 16.9. The minimum atomic E-state index is -0.385. The molecule has 2 amide bonds. The Morgan fingerprint density at radius 1 is 1.25 bits per heavy atom. The van der Waals surface area contributed by atoms with Gasteiger partial charge in [-0.25, -0.2) is 0 Å². The van der Waals surface area contributed by atoms with Crippen LogP contribution in [0.15, 0.2) is 47.4 Å². The Morgan fingerprint density at radius 3 is 2.82 bits per heavy atom. The van der Waals surface area contributed by atoms with Gasteiger partial charge in [-0.1, -0.05) is 24.3 Å². The summed E-state index contributed by atoms with van der Waals surface area (Å²) in [5, 5.41) is 11.7. The number of hydrogen-bond donors (Lipinski definition) is 1. The van der Waals surface area contributed by atoms with Crippen molar-refractivity contribution in [1.82, 2.24) is 0 Å². The van der Waals surface area contributed by atoms with Crippen LogP contribution in [0.25, 0.3) is 0 Å². The van der Waals surface area contributed by atoms with E-state index in [4.69, 9.17) is 5.26 Å². The van der Waals surface area contributed by atoms with Crippen molar-refractivity contribution in [3.63, 3.8) is 0 Å². The van der Waals surface area contributed by atoms with E-state index >= 15 is 0 Å². The maximum absolute atomic E-state index is 12.8. The molecular weight excluding hydrogens is 370 g/mol. The number of para-hydroxylation sites is 1. The topological polar surface area (TPSA) is 73.2 Å². The van der Waals surface area contributed by atoms with Crippen LogP contribution in [0, 0.1) is 31.1 Å². The minimum Gasteiger partial charge on any atom is -0.325 e. The van der Waals surface area contributed by atoms with Gasteiger partial charge in [0.25, 0.3) is 0 Å². The second-order valence-corrected chi connectivity index (χ2v) is 8.00. The standard InChI is InChI=1S/C22H23N3O2S/c1-15-7-5-9-19(16(15)2)25-14-17(13-21(25)26)22(27)24-18-8-3-4-10-20(18)28-12-6-11-23/h3-5,7-10,17H,6,12-14H2,1-2H3,(H,24,27). The molecule has 1 unspecified atom stereocenters. The Labute approximate surface area is 169 Å². The summed E-state index contributed by atoms with van der Waals surface area (Å²) in [6, 6.07) is 15.6. The molecule has 1 aliphatic rings. The number of benzene rings is 2. The van der Waals surface area contributed by atoms with Gasteiger partial charge in [0.05, 0.1) is 17.7 Å². The summed E-state index contributed by atoms with van der Waals surface area (Å²) in [6.45, 7) is 4.41. The van der Waals surface area contributed by atoms with Crippen molar-refractivity contribution in [3.8, 4) is 6.07 Å². The number of thioether (sulfide) groups is 1. The van der Waals surface area contributed by atoms with Gasteiger partial charge in [-0.05, 0) is 43.2 Å². The maximum atomic E-state index is 12.8. The molecule has 1 atom stereocenters. The van der Waals surface area contributed by atoms with Gasteiger partial charge < -0.3 is 10.2 Å². The van der Waals surface area contributed by atoms with Gasteiger partial charge in [0.2, 0.25) is 11.8 Å². The average molecular weight is 394 g/mol. The quantitative estimate of drug-likeness (QED) is 0.587. The van der Waals surface area contributed by atoms with Gasteiger partial charge in [-0.2, -0.15) is 5.26 Å². The van der Waals surface area contributed by atoms with Crippen molar-refractivity contribution < 1.29 is 9.59 Å². The number of aryl methyl sites for hydroxylation is 1. The zero-order chi connectivity index (χ0) is 20.1. The zero-order valence-electron chi connectivity index (χ0n) is 16.1. The number of nitrogens with zero attached hydrogens (tertiary/aromatic N) is 2. The molecule has 1 heterocycles. The maximum Gasteiger partial charge on any atom is 0.229 e. The van der Waals surface area contributed by atoms with E-state index in [0.29, 0.717) is 18.7 Å². The Morgan fingerprint density at radius 2 is 2.04 bits per heavy atom. The van der Waals surface area contributed by atoms with Crippen molar-refractivity contribution in [2.24, 2.45) is 5.92 Å². The Hall–Kier alpha value is -2.78. The largest absolute Gasteiger partial charge is 0.325 e. The highest BCUT2D eigenvalue weighted by Crippen LogP contribution is 2.31. The van der Waals surface area contributed by atoms with E-state index in [1.54, 1.807) is 16.7 Å². The summed E-state index contributed by atoms with van der Waals surface area (Å²) in [4.78, 5) is 28.0. The van der Waals surface area contributed by atoms with Crippen LogP contribution >= 0.6 is 11.8 Å². The predicted molar refractivity (Wildman–Crippen MR) is 112 cm³/mol. The van der Waals surface area contributed by atoms with E-state index in [9.17, 15) is 9.59 Å². The first-order valence-electron chi connectivity index (χ1n) is 9.27. The van der Waals surface area contributed by atoms with Crippen LogP contribution in [0.4, 0.5) is 11.4 Å². The molecule has 0 aromatic heterocycles. The summed E-state index contributed by atoms with van der Waals surface area (Å²) in [5.74, 6) is 0.121. The SMILES string of the molecule is Cc1cccc(N2CC(C(=O)Nc3ccccc3SCCC#N)CC2=O)c1C. The van der Waals surface area contributed by atoms with E-state index in [-0.39, 0.29) is 24.2 Å². The second kappa shape index (κ2) is 8.94. The molecule has 144 valence electrons. The molecule has 0 spiro atoms. The minimum absolute atomic E-state index is 0.0227. The fourth-order valence-electron chi connectivity index (χ4n) is 3.28. The first-order chi connectivity index (χ1) is 13.5. The van der Waals surface area contributed by atoms with Crippen molar-refractivity contribution in [3.05, 3.63) is 53.6 Å². The number of carbonyl (C=O) groups is 2. The number of hydrogen-bond acceptors (Lipinski definition) is 4. The van der Waals surface area contributed by atoms with Gasteiger partial charge in [0, 0.05) is 35.7 Å². The highest BCUT2D eigenvalue weighted by Gasteiger charge is 2.36. The molecule has 0 radical (unpaired) electrons. The van der Waals surface area contributed by atoms with Gasteiger partial charge in [0.1, 0.15) is 0 Å². The lowest BCUT2D eigenvalue weighted by molar-refractivity contribution is -0.122. The van der Waals surface area contributed by atoms with Crippen LogP contribution in [0.5, 0.6) is 0 Å². The number of nitrogens with one attached hydrogen (secondary N) is 1. The van der Waals surface area contributed by atoms with E-state index in [1.807, 2.05) is 56.3 Å². The number of nitriles is 1.